The second-order valence-corrected chi connectivity index (χ2v) is 4.67. The number of rotatable bonds is 4. The van der Waals surface area contributed by atoms with Gasteiger partial charge in [0.05, 0.1) is 0 Å². The molecule has 0 bridgehead atoms. The van der Waals surface area contributed by atoms with Crippen molar-refractivity contribution in [1.29, 1.82) is 0 Å². The van der Waals surface area contributed by atoms with E-state index in [4.69, 9.17) is 5.11 Å². The van der Waals surface area contributed by atoms with Crippen molar-refractivity contribution in [2.75, 3.05) is 0 Å². The quantitative estimate of drug-likeness (QED) is 0.624. The maximum absolute atomic E-state index is 12.1. The van der Waals surface area contributed by atoms with Crippen molar-refractivity contribution in [3.05, 3.63) is 33.9 Å². The molecule has 0 aromatic rings. The Labute approximate surface area is 112 Å². The van der Waals surface area contributed by atoms with Gasteiger partial charge in [0.1, 0.15) is 0 Å². The predicted molar refractivity (Wildman–Crippen MR) is 71.7 cm³/mol. The summed E-state index contributed by atoms with van der Waals surface area (Å²) in [5, 5.41) is 9.09. The van der Waals surface area contributed by atoms with Crippen LogP contribution in [0.1, 0.15) is 40.5 Å². The number of allylic oxidation sites excluding steroid dienone is 5. The van der Waals surface area contributed by atoms with Gasteiger partial charge >= 0.3 is 5.97 Å². The summed E-state index contributed by atoms with van der Waals surface area (Å²) < 4.78 is 0. The lowest BCUT2D eigenvalue weighted by molar-refractivity contribution is -0.132. The summed E-state index contributed by atoms with van der Waals surface area (Å²) in [6, 6.07) is 0. The van der Waals surface area contributed by atoms with Crippen molar-refractivity contribution in [3.8, 4) is 0 Å². The van der Waals surface area contributed by atoms with E-state index in [0.717, 1.165) is 0 Å². The fourth-order valence-corrected chi connectivity index (χ4v) is 1.97. The summed E-state index contributed by atoms with van der Waals surface area (Å²) in [5.74, 6) is -1.50. The number of ketones is 2. The molecule has 0 aromatic heterocycles. The Balaban J connectivity index is 3.33. The van der Waals surface area contributed by atoms with Gasteiger partial charge in [0.25, 0.3) is 0 Å². The summed E-state index contributed by atoms with van der Waals surface area (Å²) in [6.45, 7) is 6.63. The van der Waals surface area contributed by atoms with E-state index in [0.29, 0.717) is 29.6 Å². The zero-order valence-electron chi connectivity index (χ0n) is 11.7. The number of carboxylic acids is 1. The first kappa shape index (κ1) is 15.1. The number of aliphatic carboxylic acids is 1. The highest BCUT2D eigenvalue weighted by Gasteiger charge is 2.27. The molecule has 19 heavy (non-hydrogen) atoms. The number of carbonyl (C=O) groups is 3. The second-order valence-electron chi connectivity index (χ2n) is 4.67. The average Bonchev–Trinajstić information content (AvgIpc) is 2.37. The number of carbonyl (C=O) groups excluding carboxylic acids is 2. The minimum atomic E-state index is -1.05. The minimum absolute atomic E-state index is 0.158. The fourth-order valence-electron chi connectivity index (χ4n) is 1.97. The molecule has 0 fully saturated rings. The Kier molecular flexibility index (Phi) is 4.59. The molecule has 102 valence electrons. The van der Waals surface area contributed by atoms with Gasteiger partial charge in [0, 0.05) is 27.9 Å². The normalized spacial score (nSPS) is 17.4. The molecule has 1 rings (SSSR count). The Morgan fingerprint density at radius 3 is 2.05 bits per heavy atom. The van der Waals surface area contributed by atoms with Crippen molar-refractivity contribution in [2.24, 2.45) is 0 Å². The number of hydrogen-bond acceptors (Lipinski definition) is 3. The van der Waals surface area contributed by atoms with E-state index in [1.807, 2.05) is 6.92 Å². The summed E-state index contributed by atoms with van der Waals surface area (Å²) in [7, 11) is 0. The van der Waals surface area contributed by atoms with Gasteiger partial charge < -0.3 is 5.11 Å². The van der Waals surface area contributed by atoms with Crippen molar-refractivity contribution in [3.63, 3.8) is 0 Å². The highest BCUT2D eigenvalue weighted by atomic mass is 16.4. The minimum Gasteiger partial charge on any atom is -0.478 e. The highest BCUT2D eigenvalue weighted by Crippen LogP contribution is 2.26. The van der Waals surface area contributed by atoms with E-state index in [-0.39, 0.29) is 22.7 Å². The van der Waals surface area contributed by atoms with Gasteiger partial charge in [-0.25, -0.2) is 4.79 Å². The largest absolute Gasteiger partial charge is 0.478 e. The van der Waals surface area contributed by atoms with E-state index < -0.39 is 5.97 Å². The maximum Gasteiger partial charge on any atom is 0.331 e. The fraction of sp³-hybridized carbons (Fsp3) is 0.400. The third kappa shape index (κ3) is 2.89. The van der Waals surface area contributed by atoms with E-state index in [9.17, 15) is 14.4 Å². The maximum atomic E-state index is 12.1. The Morgan fingerprint density at radius 2 is 1.58 bits per heavy atom. The van der Waals surface area contributed by atoms with Gasteiger partial charge in [0.15, 0.2) is 11.6 Å². The number of carboxylic acid groups (broad SMARTS) is 1. The first-order valence-electron chi connectivity index (χ1n) is 6.22. The van der Waals surface area contributed by atoms with Crippen LogP contribution in [0.25, 0.3) is 0 Å². The molecule has 0 spiro atoms. The van der Waals surface area contributed by atoms with Crippen molar-refractivity contribution in [2.45, 2.75) is 40.5 Å². The van der Waals surface area contributed by atoms with E-state index in [2.05, 4.69) is 0 Å². The zero-order chi connectivity index (χ0) is 14.7. The molecule has 0 aliphatic heterocycles. The lowest BCUT2D eigenvalue weighted by Crippen LogP contribution is -2.20. The van der Waals surface area contributed by atoms with Crippen LogP contribution in [0, 0.1) is 0 Å². The standard InChI is InChI=1S/C15H18O4/c1-5-6-11(15(18)19)7-12-10(4)13(16)8(2)9(3)14(12)17/h7H,5-6H2,1-4H3,(H,18,19)/b11-7+. The molecule has 4 nitrogen and oxygen atoms in total. The molecule has 0 saturated heterocycles. The number of hydrogen-bond donors (Lipinski definition) is 1. The molecule has 0 heterocycles. The van der Waals surface area contributed by atoms with Gasteiger partial charge in [-0.3, -0.25) is 9.59 Å². The summed E-state index contributed by atoms with van der Waals surface area (Å²) >= 11 is 0. The monoisotopic (exact) mass is 262 g/mol. The van der Waals surface area contributed by atoms with Gasteiger partial charge in [-0.2, -0.15) is 0 Å². The van der Waals surface area contributed by atoms with E-state index >= 15 is 0 Å². The predicted octanol–water partition coefficient (Wildman–Crippen LogP) is 2.60. The smallest absolute Gasteiger partial charge is 0.331 e. The van der Waals surface area contributed by atoms with Crippen LogP contribution >= 0.6 is 0 Å². The van der Waals surface area contributed by atoms with E-state index in [1.54, 1.807) is 20.8 Å². The molecular formula is C15H18O4. The molecule has 1 N–H and O–H groups in total. The molecule has 0 amide bonds. The molecule has 0 atom stereocenters. The summed E-state index contributed by atoms with van der Waals surface area (Å²) in [5.41, 5.74) is 1.52. The van der Waals surface area contributed by atoms with Gasteiger partial charge in [0.2, 0.25) is 0 Å². The first-order valence-corrected chi connectivity index (χ1v) is 6.22. The topological polar surface area (TPSA) is 71.4 Å². The summed E-state index contributed by atoms with van der Waals surface area (Å²) in [4.78, 5) is 35.2. The Hall–Kier alpha value is -1.97. The Morgan fingerprint density at radius 1 is 1.05 bits per heavy atom. The summed E-state index contributed by atoms with van der Waals surface area (Å²) in [6.07, 6.45) is 2.38. The zero-order valence-corrected chi connectivity index (χ0v) is 11.7. The molecule has 4 heteroatoms. The molecule has 0 aromatic carbocycles. The van der Waals surface area contributed by atoms with Crippen LogP contribution in [0.4, 0.5) is 0 Å². The molecule has 1 aliphatic rings. The van der Waals surface area contributed by atoms with Crippen molar-refractivity contribution >= 4 is 17.5 Å². The number of Topliss-reactive ketones (excluding diaryl/α,β-unsaturated/α-hetero) is 2. The third-order valence-corrected chi connectivity index (χ3v) is 3.35. The molecule has 0 saturated carbocycles. The molecular weight excluding hydrogens is 244 g/mol. The van der Waals surface area contributed by atoms with Gasteiger partial charge in [-0.15, -0.1) is 0 Å². The van der Waals surface area contributed by atoms with Crippen LogP contribution in [0.5, 0.6) is 0 Å². The highest BCUT2D eigenvalue weighted by molar-refractivity contribution is 6.25. The van der Waals surface area contributed by atoms with Crippen LogP contribution in [0.2, 0.25) is 0 Å². The van der Waals surface area contributed by atoms with Gasteiger partial charge in [-0.1, -0.05) is 13.3 Å². The van der Waals surface area contributed by atoms with Crippen LogP contribution < -0.4 is 0 Å². The van der Waals surface area contributed by atoms with Crippen LogP contribution in [0.3, 0.4) is 0 Å². The molecule has 0 radical (unpaired) electrons. The first-order chi connectivity index (χ1) is 8.81. The lowest BCUT2D eigenvalue weighted by atomic mass is 9.85. The molecule has 1 aliphatic carbocycles. The van der Waals surface area contributed by atoms with Crippen LogP contribution in [-0.2, 0) is 14.4 Å². The van der Waals surface area contributed by atoms with Crippen molar-refractivity contribution < 1.29 is 19.5 Å². The van der Waals surface area contributed by atoms with Crippen LogP contribution in [0.15, 0.2) is 33.9 Å². The lowest BCUT2D eigenvalue weighted by Gasteiger charge is -2.16. The second kappa shape index (κ2) is 5.78. The molecule has 0 unspecified atom stereocenters. The SMILES string of the molecule is CCC/C(=C\C1=C(C)C(=O)C(C)=C(C)C1=O)C(=O)O. The van der Waals surface area contributed by atoms with E-state index in [1.165, 1.54) is 6.08 Å². The van der Waals surface area contributed by atoms with Gasteiger partial charge in [-0.05, 0) is 33.3 Å². The third-order valence-electron chi connectivity index (χ3n) is 3.35. The van der Waals surface area contributed by atoms with Crippen LogP contribution in [-0.4, -0.2) is 22.6 Å². The Bertz CT molecular complexity index is 544. The average molecular weight is 262 g/mol. The van der Waals surface area contributed by atoms with Crippen molar-refractivity contribution in [1.82, 2.24) is 0 Å².